The molecule has 4 rings (SSSR count). The molecule has 1 fully saturated rings. The fraction of sp³-hybridized carbons (Fsp3) is 0.292. The van der Waals surface area contributed by atoms with Gasteiger partial charge in [-0.25, -0.2) is 9.97 Å². The van der Waals surface area contributed by atoms with Crippen LogP contribution in [-0.4, -0.2) is 60.5 Å². The molecule has 9 nitrogen and oxygen atoms in total. The lowest BCUT2D eigenvalue weighted by molar-refractivity contribution is 0.0214. The highest BCUT2D eigenvalue weighted by Crippen LogP contribution is 2.30. The van der Waals surface area contributed by atoms with Gasteiger partial charge in [0.25, 0.3) is 0 Å². The zero-order valence-electron chi connectivity index (χ0n) is 19.5. The average Bonchev–Trinajstić information content (AvgIpc) is 2.86. The summed E-state index contributed by atoms with van der Waals surface area (Å²) in [5.74, 6) is 1.36. The summed E-state index contributed by atoms with van der Waals surface area (Å²) in [7, 11) is 0. The Morgan fingerprint density at radius 1 is 1.11 bits per heavy atom. The number of oxime groups is 1. The van der Waals surface area contributed by atoms with Gasteiger partial charge in [0.05, 0.1) is 30.0 Å². The molecule has 2 aromatic carbocycles. The van der Waals surface area contributed by atoms with Gasteiger partial charge in [-0.1, -0.05) is 47.1 Å². The van der Waals surface area contributed by atoms with Crippen molar-refractivity contribution in [3.8, 4) is 5.75 Å². The predicted molar refractivity (Wildman–Crippen MR) is 147 cm³/mol. The molecule has 1 saturated heterocycles. The van der Waals surface area contributed by atoms with E-state index in [1.807, 2.05) is 36.4 Å². The number of nitrogens with two attached hydrogens (primary N) is 1. The predicted octanol–water partition coefficient (Wildman–Crippen LogP) is 4.56. The van der Waals surface area contributed by atoms with E-state index in [0.717, 1.165) is 44.1 Å². The first-order valence-corrected chi connectivity index (χ1v) is 11.4. The van der Waals surface area contributed by atoms with Crippen molar-refractivity contribution in [2.24, 2.45) is 5.16 Å². The number of hydrogen-bond acceptors (Lipinski definition) is 9. The molecule has 1 aliphatic heterocycles. The lowest BCUT2D eigenvalue weighted by Crippen LogP contribution is -2.38. The number of nitrogens with one attached hydrogen (secondary N) is 1. The van der Waals surface area contributed by atoms with Gasteiger partial charge < -0.3 is 25.4 Å². The molecule has 0 saturated carbocycles. The maximum absolute atomic E-state index is 6.43. The molecule has 0 aliphatic carbocycles. The Bertz CT molecular complexity index is 1100. The van der Waals surface area contributed by atoms with Crippen LogP contribution in [0, 0.1) is 0 Å². The van der Waals surface area contributed by atoms with E-state index in [4.69, 9.17) is 31.6 Å². The molecule has 1 aromatic heterocycles. The van der Waals surface area contributed by atoms with Crippen molar-refractivity contribution in [2.45, 2.75) is 6.61 Å². The van der Waals surface area contributed by atoms with E-state index in [2.05, 4.69) is 25.3 Å². The van der Waals surface area contributed by atoms with Crippen molar-refractivity contribution in [2.75, 3.05) is 50.5 Å². The highest BCUT2D eigenvalue weighted by atomic mass is 35.5. The second-order valence-corrected chi connectivity index (χ2v) is 7.99. The molecular formula is C24H29Cl3N6O3. The normalized spacial score (nSPS) is 13.5. The fourth-order valence-electron chi connectivity index (χ4n) is 3.34. The minimum atomic E-state index is 0. The number of halogens is 3. The zero-order valence-corrected chi connectivity index (χ0v) is 21.9. The maximum Gasteiger partial charge on any atom is 0.144 e. The molecular weight excluding hydrogens is 527 g/mol. The van der Waals surface area contributed by atoms with Crippen molar-refractivity contribution in [1.82, 2.24) is 14.9 Å². The Kier molecular flexibility index (Phi) is 12.5. The highest BCUT2D eigenvalue weighted by molar-refractivity contribution is 6.32. The van der Waals surface area contributed by atoms with Gasteiger partial charge in [0.15, 0.2) is 0 Å². The maximum atomic E-state index is 6.43. The number of rotatable bonds is 10. The molecule has 3 aromatic rings. The summed E-state index contributed by atoms with van der Waals surface area (Å²) in [6, 6.07) is 15.3. The fourth-order valence-corrected chi connectivity index (χ4v) is 3.58. The summed E-state index contributed by atoms with van der Waals surface area (Å²) in [6.45, 7) is 4.98. The number of morpholine rings is 1. The van der Waals surface area contributed by atoms with E-state index in [0.29, 0.717) is 35.4 Å². The number of aromatic nitrogens is 2. The van der Waals surface area contributed by atoms with Crippen LogP contribution in [0.3, 0.4) is 0 Å². The Balaban J connectivity index is 0.00000228. The van der Waals surface area contributed by atoms with E-state index < -0.39 is 0 Å². The average molecular weight is 556 g/mol. The van der Waals surface area contributed by atoms with Crippen LogP contribution in [0.5, 0.6) is 5.75 Å². The third kappa shape index (κ3) is 8.69. The van der Waals surface area contributed by atoms with Gasteiger partial charge in [-0.15, -0.1) is 24.8 Å². The van der Waals surface area contributed by atoms with Crippen molar-refractivity contribution in [3.05, 3.63) is 71.0 Å². The van der Waals surface area contributed by atoms with Gasteiger partial charge in [-0.3, -0.25) is 4.90 Å². The van der Waals surface area contributed by atoms with Crippen molar-refractivity contribution >= 4 is 60.0 Å². The summed E-state index contributed by atoms with van der Waals surface area (Å²) in [4.78, 5) is 16.0. The van der Waals surface area contributed by atoms with E-state index in [1.54, 1.807) is 12.1 Å². The third-order valence-electron chi connectivity index (χ3n) is 5.21. The second-order valence-electron chi connectivity index (χ2n) is 7.59. The molecule has 0 spiro atoms. The lowest BCUT2D eigenvalue weighted by atomic mass is 10.2. The molecule has 12 heteroatoms. The van der Waals surface area contributed by atoms with Gasteiger partial charge in [0, 0.05) is 25.3 Å². The Labute approximate surface area is 227 Å². The number of anilines is 3. The number of ether oxygens (including phenoxy) is 2. The highest BCUT2D eigenvalue weighted by Gasteiger charge is 2.11. The molecule has 1 aliphatic rings. The molecule has 36 heavy (non-hydrogen) atoms. The monoisotopic (exact) mass is 554 g/mol. The SMILES string of the molecule is Cl.Cl.Nc1ncnc(Nc2ccc(OCc3ccccc3)c(Cl)c2)c1C=NOCCN1CCOCC1. The number of nitrogens with zero attached hydrogens (tertiary/aromatic N) is 4. The minimum absolute atomic E-state index is 0. The van der Waals surface area contributed by atoms with Gasteiger partial charge in [-0.05, 0) is 23.8 Å². The number of benzene rings is 2. The van der Waals surface area contributed by atoms with Gasteiger partial charge in [0.2, 0.25) is 0 Å². The quantitative estimate of drug-likeness (QED) is 0.213. The third-order valence-corrected chi connectivity index (χ3v) is 5.50. The van der Waals surface area contributed by atoms with Crippen LogP contribution in [0.1, 0.15) is 11.1 Å². The van der Waals surface area contributed by atoms with Crippen molar-refractivity contribution in [3.63, 3.8) is 0 Å². The van der Waals surface area contributed by atoms with E-state index >= 15 is 0 Å². The smallest absolute Gasteiger partial charge is 0.144 e. The van der Waals surface area contributed by atoms with Crippen molar-refractivity contribution < 1.29 is 14.3 Å². The van der Waals surface area contributed by atoms with Crippen LogP contribution >= 0.6 is 36.4 Å². The van der Waals surface area contributed by atoms with Crippen molar-refractivity contribution in [1.29, 1.82) is 0 Å². The summed E-state index contributed by atoms with van der Waals surface area (Å²) < 4.78 is 11.2. The van der Waals surface area contributed by atoms with E-state index in [1.165, 1.54) is 12.5 Å². The molecule has 0 bridgehead atoms. The summed E-state index contributed by atoms with van der Waals surface area (Å²) in [5.41, 5.74) is 8.36. The summed E-state index contributed by atoms with van der Waals surface area (Å²) in [6.07, 6.45) is 2.89. The van der Waals surface area contributed by atoms with Crippen LogP contribution in [0.2, 0.25) is 5.02 Å². The first kappa shape index (κ1) is 29.4. The van der Waals surface area contributed by atoms with Gasteiger partial charge in [-0.2, -0.15) is 0 Å². The van der Waals surface area contributed by atoms with Crippen LogP contribution in [0.25, 0.3) is 0 Å². The van der Waals surface area contributed by atoms with Crippen LogP contribution < -0.4 is 15.8 Å². The van der Waals surface area contributed by atoms with Crippen LogP contribution in [0.4, 0.5) is 17.3 Å². The van der Waals surface area contributed by atoms with Gasteiger partial charge in [0.1, 0.15) is 36.9 Å². The molecule has 3 N–H and O–H groups in total. The minimum Gasteiger partial charge on any atom is -0.487 e. The summed E-state index contributed by atoms with van der Waals surface area (Å²) >= 11 is 6.43. The molecule has 194 valence electrons. The van der Waals surface area contributed by atoms with Crippen LogP contribution in [0.15, 0.2) is 60.0 Å². The Hall–Kier alpha value is -2.82. The number of nitrogen functional groups attached to an aromatic ring is 1. The molecule has 0 amide bonds. The second kappa shape index (κ2) is 15.3. The van der Waals surface area contributed by atoms with E-state index in [9.17, 15) is 0 Å². The Morgan fingerprint density at radius 2 is 1.89 bits per heavy atom. The Morgan fingerprint density at radius 3 is 2.64 bits per heavy atom. The first-order chi connectivity index (χ1) is 16.7. The molecule has 2 heterocycles. The van der Waals surface area contributed by atoms with Crippen LogP contribution in [-0.2, 0) is 16.2 Å². The number of hydrogen-bond donors (Lipinski definition) is 2. The zero-order chi connectivity index (χ0) is 23.6. The lowest BCUT2D eigenvalue weighted by Gasteiger charge is -2.25. The molecule has 0 radical (unpaired) electrons. The van der Waals surface area contributed by atoms with Gasteiger partial charge >= 0.3 is 0 Å². The van der Waals surface area contributed by atoms with E-state index in [-0.39, 0.29) is 30.6 Å². The standard InChI is InChI=1S/C24H27ClN6O3.2ClH/c25-21-14-19(6-7-22(21)33-16-18-4-2-1-3-5-18)30-24-20(23(26)27-17-28-24)15-29-34-13-10-31-8-11-32-12-9-31;;/h1-7,14-15,17H,8-13,16H2,(H3,26,27,28,30);2*1H. The molecule has 0 atom stereocenters. The topological polar surface area (TPSA) is 107 Å². The largest absolute Gasteiger partial charge is 0.487 e. The summed E-state index contributed by atoms with van der Waals surface area (Å²) in [5, 5.41) is 7.73. The first-order valence-electron chi connectivity index (χ1n) is 11.0. The molecule has 0 unspecified atom stereocenters.